The summed E-state index contributed by atoms with van der Waals surface area (Å²) in [5.41, 5.74) is 0. The second kappa shape index (κ2) is 6.71. The Kier molecular flexibility index (Phi) is 5.42. The molecule has 2 heterocycles. The van der Waals surface area contributed by atoms with Gasteiger partial charge in [0.1, 0.15) is 0 Å². The molecule has 1 N–H and O–H groups in total. The number of ether oxygens (including phenoxy) is 4. The van der Waals surface area contributed by atoms with Crippen molar-refractivity contribution in [3.8, 4) is 0 Å². The predicted octanol–water partition coefficient (Wildman–Crippen LogP) is 1.92. The van der Waals surface area contributed by atoms with Crippen LogP contribution in [0.5, 0.6) is 0 Å². The van der Waals surface area contributed by atoms with E-state index >= 15 is 0 Å². The van der Waals surface area contributed by atoms with E-state index in [1.54, 1.807) is 7.11 Å². The van der Waals surface area contributed by atoms with Gasteiger partial charge in [-0.3, -0.25) is 0 Å². The van der Waals surface area contributed by atoms with Crippen molar-refractivity contribution < 1.29 is 24.1 Å². The minimum atomic E-state index is -0.412. The van der Waals surface area contributed by atoms with Crippen molar-refractivity contribution in [2.45, 2.75) is 77.5 Å². The molecular formula is C15H28O5. The minimum absolute atomic E-state index is 0.000966. The molecular weight excluding hydrogens is 260 g/mol. The van der Waals surface area contributed by atoms with Crippen LogP contribution < -0.4 is 0 Å². The highest BCUT2D eigenvalue weighted by Gasteiger charge is 2.39. The first-order chi connectivity index (χ1) is 9.42. The zero-order chi connectivity index (χ0) is 14.9. The van der Waals surface area contributed by atoms with Crippen molar-refractivity contribution in [2.24, 2.45) is 11.8 Å². The summed E-state index contributed by atoms with van der Waals surface area (Å²) < 4.78 is 22.9. The first-order valence-corrected chi connectivity index (χ1v) is 7.59. The normalized spacial score (nSPS) is 50.1. The fraction of sp³-hybridized carbons (Fsp3) is 1.00. The summed E-state index contributed by atoms with van der Waals surface area (Å²) in [5.74, 6) is 0.537. The van der Waals surface area contributed by atoms with Gasteiger partial charge in [-0.2, -0.15) is 0 Å². The molecule has 2 fully saturated rings. The molecule has 2 aliphatic heterocycles. The zero-order valence-electron chi connectivity index (χ0n) is 13.1. The van der Waals surface area contributed by atoms with Crippen LogP contribution in [0.15, 0.2) is 0 Å². The first kappa shape index (κ1) is 16.2. The fourth-order valence-corrected chi connectivity index (χ4v) is 3.21. The molecule has 0 saturated carbocycles. The third-order valence-corrected chi connectivity index (χ3v) is 4.52. The number of methoxy groups -OCH3 is 1. The quantitative estimate of drug-likeness (QED) is 0.860. The molecule has 0 spiro atoms. The Labute approximate surface area is 121 Å². The molecule has 5 heteroatoms. The average Bonchev–Trinajstić information content (AvgIpc) is 2.39. The summed E-state index contributed by atoms with van der Waals surface area (Å²) in [7, 11) is 1.67. The van der Waals surface area contributed by atoms with Gasteiger partial charge in [0.2, 0.25) is 0 Å². The Morgan fingerprint density at radius 2 is 1.50 bits per heavy atom. The molecule has 0 bridgehead atoms. The Morgan fingerprint density at radius 1 is 0.900 bits per heavy atom. The van der Waals surface area contributed by atoms with E-state index in [4.69, 9.17) is 18.9 Å². The summed E-state index contributed by atoms with van der Waals surface area (Å²) >= 11 is 0. The monoisotopic (exact) mass is 288 g/mol. The number of aliphatic hydroxyl groups excluding tert-OH is 1. The lowest BCUT2D eigenvalue weighted by atomic mass is 9.92. The van der Waals surface area contributed by atoms with E-state index in [2.05, 4.69) is 6.92 Å². The molecule has 0 aromatic heterocycles. The van der Waals surface area contributed by atoms with Crippen LogP contribution in [0.3, 0.4) is 0 Å². The molecule has 5 nitrogen and oxygen atoms in total. The second-order valence-electron chi connectivity index (χ2n) is 6.29. The van der Waals surface area contributed by atoms with E-state index < -0.39 is 6.10 Å². The van der Waals surface area contributed by atoms with Crippen LogP contribution in [-0.2, 0) is 18.9 Å². The third-order valence-electron chi connectivity index (χ3n) is 4.52. The maximum absolute atomic E-state index is 9.92. The van der Waals surface area contributed by atoms with Crippen LogP contribution in [0.4, 0.5) is 0 Å². The van der Waals surface area contributed by atoms with E-state index in [1.165, 1.54) is 0 Å². The minimum Gasteiger partial charge on any atom is -0.390 e. The van der Waals surface area contributed by atoms with Crippen molar-refractivity contribution >= 4 is 0 Å². The average molecular weight is 288 g/mol. The fourth-order valence-electron chi connectivity index (χ4n) is 3.21. The molecule has 0 amide bonds. The van der Waals surface area contributed by atoms with Gasteiger partial charge in [0.05, 0.1) is 24.4 Å². The summed E-state index contributed by atoms with van der Waals surface area (Å²) in [5, 5.41) is 9.92. The molecule has 0 aromatic rings. The lowest BCUT2D eigenvalue weighted by molar-refractivity contribution is -0.296. The molecule has 2 saturated heterocycles. The molecule has 8 atom stereocenters. The predicted molar refractivity (Wildman–Crippen MR) is 74.1 cm³/mol. The number of hydrogen-bond acceptors (Lipinski definition) is 5. The van der Waals surface area contributed by atoms with E-state index in [0.717, 1.165) is 12.8 Å². The van der Waals surface area contributed by atoms with Crippen LogP contribution >= 0.6 is 0 Å². The molecule has 0 aliphatic carbocycles. The topological polar surface area (TPSA) is 57.2 Å². The summed E-state index contributed by atoms with van der Waals surface area (Å²) in [6, 6.07) is 0. The molecule has 0 radical (unpaired) electrons. The molecule has 2 aliphatic rings. The molecule has 0 aromatic carbocycles. The summed E-state index contributed by atoms with van der Waals surface area (Å²) in [4.78, 5) is 0. The smallest absolute Gasteiger partial charge is 0.158 e. The van der Waals surface area contributed by atoms with Crippen molar-refractivity contribution in [3.63, 3.8) is 0 Å². The third kappa shape index (κ3) is 3.52. The highest BCUT2D eigenvalue weighted by Crippen LogP contribution is 2.32. The van der Waals surface area contributed by atoms with E-state index in [1.807, 2.05) is 20.8 Å². The van der Waals surface area contributed by atoms with Gasteiger partial charge in [0.15, 0.2) is 12.6 Å². The van der Waals surface area contributed by atoms with Gasteiger partial charge < -0.3 is 24.1 Å². The highest BCUT2D eigenvalue weighted by atomic mass is 16.7. The Balaban J connectivity index is 1.92. The van der Waals surface area contributed by atoms with Gasteiger partial charge >= 0.3 is 0 Å². The number of aliphatic hydroxyl groups is 1. The Hall–Kier alpha value is -0.200. The van der Waals surface area contributed by atoms with Crippen molar-refractivity contribution in [1.29, 1.82) is 0 Å². The van der Waals surface area contributed by atoms with Crippen molar-refractivity contribution in [1.82, 2.24) is 0 Å². The first-order valence-electron chi connectivity index (χ1n) is 7.59. The van der Waals surface area contributed by atoms with Gasteiger partial charge in [-0.15, -0.1) is 0 Å². The van der Waals surface area contributed by atoms with Crippen LogP contribution in [-0.4, -0.2) is 49.2 Å². The molecule has 8 unspecified atom stereocenters. The second-order valence-corrected chi connectivity index (χ2v) is 6.29. The standard InChI is InChI=1S/C15H28O5/c1-8-6-13(18-10(3)14(8)16)20-15-9(2)7-12(17-5)19-11(15)4/h8-16H,6-7H2,1-5H3. The molecule has 118 valence electrons. The van der Waals surface area contributed by atoms with Crippen LogP contribution in [0, 0.1) is 11.8 Å². The van der Waals surface area contributed by atoms with Gasteiger partial charge in [-0.1, -0.05) is 13.8 Å². The summed E-state index contributed by atoms with van der Waals surface area (Å²) in [6.45, 7) is 8.09. The maximum atomic E-state index is 9.92. The van der Waals surface area contributed by atoms with Crippen LogP contribution in [0.1, 0.15) is 40.5 Å². The van der Waals surface area contributed by atoms with Gasteiger partial charge in [-0.25, -0.2) is 0 Å². The Morgan fingerprint density at radius 3 is 2.05 bits per heavy atom. The SMILES string of the molecule is COC1CC(C)C(OC2CC(C)C(O)C(C)O2)C(C)O1. The van der Waals surface area contributed by atoms with E-state index in [-0.39, 0.29) is 36.8 Å². The maximum Gasteiger partial charge on any atom is 0.158 e. The van der Waals surface area contributed by atoms with Gasteiger partial charge in [0, 0.05) is 20.0 Å². The molecule has 20 heavy (non-hydrogen) atoms. The van der Waals surface area contributed by atoms with Crippen LogP contribution in [0.25, 0.3) is 0 Å². The van der Waals surface area contributed by atoms with Crippen molar-refractivity contribution in [2.75, 3.05) is 7.11 Å². The lowest BCUT2D eigenvalue weighted by Crippen LogP contribution is -2.50. The number of hydrogen-bond donors (Lipinski definition) is 1. The van der Waals surface area contributed by atoms with E-state index in [9.17, 15) is 5.11 Å². The Bertz CT molecular complexity index is 287. The van der Waals surface area contributed by atoms with Crippen LogP contribution in [0.2, 0.25) is 0 Å². The van der Waals surface area contributed by atoms with Gasteiger partial charge in [0.25, 0.3) is 0 Å². The lowest BCUT2D eigenvalue weighted by Gasteiger charge is -2.43. The van der Waals surface area contributed by atoms with Crippen molar-refractivity contribution in [3.05, 3.63) is 0 Å². The van der Waals surface area contributed by atoms with E-state index in [0.29, 0.717) is 5.92 Å². The highest BCUT2D eigenvalue weighted by molar-refractivity contribution is 4.83. The summed E-state index contributed by atoms with van der Waals surface area (Å²) in [6.07, 6.45) is 0.510. The molecule has 2 rings (SSSR count). The largest absolute Gasteiger partial charge is 0.390 e. The number of rotatable bonds is 3. The zero-order valence-corrected chi connectivity index (χ0v) is 13.1. The van der Waals surface area contributed by atoms with Gasteiger partial charge in [-0.05, 0) is 25.7 Å².